The number of para-hydroxylation sites is 1. The van der Waals surface area contributed by atoms with E-state index < -0.39 is 0 Å². The Morgan fingerprint density at radius 3 is 1.79 bits per heavy atom. The van der Waals surface area contributed by atoms with Gasteiger partial charge in [-0.05, 0) is 12.1 Å². The fourth-order valence-corrected chi connectivity index (χ4v) is 3.46. The molecule has 116 valence electrons. The maximum atomic E-state index is 4.92. The quantitative estimate of drug-likeness (QED) is 0.622. The van der Waals surface area contributed by atoms with Gasteiger partial charge in [-0.15, -0.1) is 0 Å². The molecule has 0 spiro atoms. The standard InChI is InChI=1S/C21H16N2S/c1-4-10-17(11-5-1)20-16-24-21(18-12-6-2-7-13-18)22-23(20)19-14-8-3-9-15-19/h1-16H. The van der Waals surface area contributed by atoms with Crippen molar-refractivity contribution < 1.29 is 0 Å². The van der Waals surface area contributed by atoms with Crippen LogP contribution in [0.4, 0.5) is 5.69 Å². The number of thioether (sulfide) groups is 1. The molecular formula is C21H16N2S. The van der Waals surface area contributed by atoms with Crippen molar-refractivity contribution in [2.75, 3.05) is 5.01 Å². The monoisotopic (exact) mass is 328 g/mol. The lowest BCUT2D eigenvalue weighted by Crippen LogP contribution is -2.20. The summed E-state index contributed by atoms with van der Waals surface area (Å²) in [5.74, 6) is 0. The molecule has 0 unspecified atom stereocenters. The van der Waals surface area contributed by atoms with Crippen molar-refractivity contribution in [1.82, 2.24) is 0 Å². The maximum Gasteiger partial charge on any atom is 0.129 e. The molecule has 3 aromatic carbocycles. The number of rotatable bonds is 3. The van der Waals surface area contributed by atoms with Crippen LogP contribution in [0, 0.1) is 0 Å². The minimum absolute atomic E-state index is 0.999. The molecule has 0 fully saturated rings. The summed E-state index contributed by atoms with van der Waals surface area (Å²) in [7, 11) is 0. The number of anilines is 1. The minimum atomic E-state index is 0.999. The summed E-state index contributed by atoms with van der Waals surface area (Å²) in [5, 5.41) is 10.1. The summed E-state index contributed by atoms with van der Waals surface area (Å²) in [4.78, 5) is 0. The van der Waals surface area contributed by atoms with Crippen molar-refractivity contribution in [3.05, 3.63) is 108 Å². The molecule has 0 aliphatic carbocycles. The van der Waals surface area contributed by atoms with Gasteiger partial charge in [0.15, 0.2) is 0 Å². The third-order valence-electron chi connectivity index (χ3n) is 3.79. The maximum absolute atomic E-state index is 4.92. The third-order valence-corrected chi connectivity index (χ3v) is 4.67. The van der Waals surface area contributed by atoms with Crippen LogP contribution in [0.15, 0.2) is 102 Å². The van der Waals surface area contributed by atoms with Gasteiger partial charge in [0, 0.05) is 16.5 Å². The normalized spacial score (nSPS) is 14.1. The number of hydrogen-bond donors (Lipinski definition) is 0. The summed E-state index contributed by atoms with van der Waals surface area (Å²) in [6.07, 6.45) is 0. The molecule has 0 atom stereocenters. The molecule has 1 heterocycles. The van der Waals surface area contributed by atoms with E-state index in [4.69, 9.17) is 5.10 Å². The predicted molar refractivity (Wildman–Crippen MR) is 104 cm³/mol. The Kier molecular flexibility index (Phi) is 4.17. The summed E-state index contributed by atoms with van der Waals surface area (Å²) in [6.45, 7) is 0. The van der Waals surface area contributed by atoms with Gasteiger partial charge in [-0.25, -0.2) is 5.01 Å². The van der Waals surface area contributed by atoms with Crippen LogP contribution in [0.5, 0.6) is 0 Å². The molecule has 0 aromatic heterocycles. The summed E-state index contributed by atoms with van der Waals surface area (Å²) in [6, 6.07) is 30.9. The van der Waals surface area contributed by atoms with Crippen LogP contribution in [0.25, 0.3) is 5.70 Å². The van der Waals surface area contributed by atoms with E-state index in [0.717, 1.165) is 27.6 Å². The van der Waals surface area contributed by atoms with E-state index in [0.29, 0.717) is 0 Å². The number of nitrogens with zero attached hydrogens (tertiary/aromatic N) is 2. The second-order valence-electron chi connectivity index (χ2n) is 5.41. The Morgan fingerprint density at radius 2 is 1.17 bits per heavy atom. The summed E-state index contributed by atoms with van der Waals surface area (Å²) < 4.78 is 0. The van der Waals surface area contributed by atoms with Crippen LogP contribution in [-0.2, 0) is 0 Å². The van der Waals surface area contributed by atoms with Gasteiger partial charge in [0.1, 0.15) is 5.04 Å². The minimum Gasteiger partial charge on any atom is -0.232 e. The van der Waals surface area contributed by atoms with Gasteiger partial charge in [0.25, 0.3) is 0 Å². The van der Waals surface area contributed by atoms with Crippen LogP contribution < -0.4 is 5.01 Å². The lowest BCUT2D eigenvalue weighted by atomic mass is 10.1. The zero-order valence-electron chi connectivity index (χ0n) is 13.0. The first-order chi connectivity index (χ1) is 11.9. The lowest BCUT2D eigenvalue weighted by Gasteiger charge is -2.27. The first kappa shape index (κ1) is 14.8. The van der Waals surface area contributed by atoms with Crippen molar-refractivity contribution in [2.45, 2.75) is 0 Å². The van der Waals surface area contributed by atoms with E-state index >= 15 is 0 Å². The molecule has 0 N–H and O–H groups in total. The molecule has 0 bridgehead atoms. The van der Waals surface area contributed by atoms with Crippen molar-refractivity contribution in [2.24, 2.45) is 5.10 Å². The Bertz CT molecular complexity index is 871. The molecule has 3 aromatic rings. The van der Waals surface area contributed by atoms with Crippen LogP contribution in [0.2, 0.25) is 0 Å². The molecule has 4 rings (SSSR count). The van der Waals surface area contributed by atoms with E-state index in [1.807, 2.05) is 47.5 Å². The fraction of sp³-hybridized carbons (Fsp3) is 0. The Hall–Kier alpha value is -2.78. The number of hydrogen-bond acceptors (Lipinski definition) is 3. The van der Waals surface area contributed by atoms with Crippen LogP contribution in [0.3, 0.4) is 0 Å². The molecule has 24 heavy (non-hydrogen) atoms. The first-order valence-electron chi connectivity index (χ1n) is 7.83. The van der Waals surface area contributed by atoms with Crippen molar-refractivity contribution in [3.63, 3.8) is 0 Å². The first-order valence-corrected chi connectivity index (χ1v) is 8.71. The smallest absolute Gasteiger partial charge is 0.129 e. The highest BCUT2D eigenvalue weighted by Crippen LogP contribution is 2.34. The van der Waals surface area contributed by atoms with Crippen molar-refractivity contribution >= 4 is 28.2 Å². The van der Waals surface area contributed by atoms with E-state index in [1.54, 1.807) is 11.8 Å². The Balaban J connectivity index is 1.78. The third kappa shape index (κ3) is 2.99. The van der Waals surface area contributed by atoms with Crippen LogP contribution in [0.1, 0.15) is 11.1 Å². The fourth-order valence-electron chi connectivity index (χ4n) is 2.60. The zero-order chi connectivity index (χ0) is 16.2. The van der Waals surface area contributed by atoms with Gasteiger partial charge in [-0.2, -0.15) is 5.10 Å². The van der Waals surface area contributed by atoms with Crippen molar-refractivity contribution in [1.29, 1.82) is 0 Å². The summed E-state index contributed by atoms with van der Waals surface area (Å²) >= 11 is 1.66. The molecule has 0 saturated carbocycles. The number of benzene rings is 3. The zero-order valence-corrected chi connectivity index (χ0v) is 13.9. The second kappa shape index (κ2) is 6.77. The molecule has 0 radical (unpaired) electrons. The highest BCUT2D eigenvalue weighted by atomic mass is 32.2. The molecular weight excluding hydrogens is 312 g/mol. The molecule has 1 aliphatic heterocycles. The molecule has 0 saturated heterocycles. The van der Waals surface area contributed by atoms with Gasteiger partial charge >= 0.3 is 0 Å². The highest BCUT2D eigenvalue weighted by Gasteiger charge is 2.20. The van der Waals surface area contributed by atoms with Gasteiger partial charge in [0.05, 0.1) is 11.4 Å². The van der Waals surface area contributed by atoms with E-state index in [1.165, 1.54) is 0 Å². The topological polar surface area (TPSA) is 15.6 Å². The molecule has 3 heteroatoms. The van der Waals surface area contributed by atoms with E-state index in [2.05, 4.69) is 53.9 Å². The van der Waals surface area contributed by atoms with E-state index in [-0.39, 0.29) is 0 Å². The second-order valence-corrected chi connectivity index (χ2v) is 6.26. The van der Waals surface area contributed by atoms with Gasteiger partial charge < -0.3 is 0 Å². The van der Waals surface area contributed by atoms with Crippen LogP contribution >= 0.6 is 11.8 Å². The average Bonchev–Trinajstić information content (AvgIpc) is 2.69. The number of hydrazone groups is 1. The lowest BCUT2D eigenvalue weighted by molar-refractivity contribution is 1.10. The average molecular weight is 328 g/mol. The molecule has 1 aliphatic rings. The highest BCUT2D eigenvalue weighted by molar-refractivity contribution is 8.17. The Labute approximate surface area is 146 Å². The molecule has 2 nitrogen and oxygen atoms in total. The Morgan fingerprint density at radius 1 is 0.625 bits per heavy atom. The van der Waals surface area contributed by atoms with Crippen LogP contribution in [-0.4, -0.2) is 5.04 Å². The predicted octanol–water partition coefficient (Wildman–Crippen LogP) is 5.60. The van der Waals surface area contributed by atoms with Gasteiger partial charge in [-0.3, -0.25) is 0 Å². The summed E-state index contributed by atoms with van der Waals surface area (Å²) in [5.41, 5.74) is 4.43. The van der Waals surface area contributed by atoms with Crippen molar-refractivity contribution in [3.8, 4) is 0 Å². The van der Waals surface area contributed by atoms with Gasteiger partial charge in [0.2, 0.25) is 0 Å². The van der Waals surface area contributed by atoms with Gasteiger partial charge in [-0.1, -0.05) is 90.6 Å². The van der Waals surface area contributed by atoms with E-state index in [9.17, 15) is 0 Å². The SMILES string of the molecule is C1=C(c2ccccc2)N(c2ccccc2)N=C(c2ccccc2)S1. The molecule has 0 amide bonds. The largest absolute Gasteiger partial charge is 0.232 e.